The molecule has 0 saturated heterocycles. The molecule has 0 aliphatic heterocycles. The van der Waals surface area contributed by atoms with Crippen LogP contribution in [0.5, 0.6) is 0 Å². The van der Waals surface area contributed by atoms with Crippen molar-refractivity contribution >= 4 is 22.8 Å². The van der Waals surface area contributed by atoms with E-state index >= 15 is 0 Å². The lowest BCUT2D eigenvalue weighted by molar-refractivity contribution is 0.461. The molecule has 0 bridgehead atoms. The molecule has 0 aromatic heterocycles. The third kappa shape index (κ3) is 6.01. The van der Waals surface area contributed by atoms with Crippen molar-refractivity contribution in [3.05, 3.63) is 11.6 Å². The molecule has 0 aromatic carbocycles. The molecule has 0 amide bonds. The smallest absolute Gasteiger partial charge is 0.0425 e. The minimum Gasteiger partial charge on any atom is -0.772 e. The number of unbranched alkanes of at least 4 members (excludes halogenated alkanes) is 1. The number of hydrogen-bond acceptors (Lipinski definition) is 3. The van der Waals surface area contributed by atoms with E-state index in [0.29, 0.717) is 11.2 Å². The summed E-state index contributed by atoms with van der Waals surface area (Å²) in [6.45, 7) is 4.50. The summed E-state index contributed by atoms with van der Waals surface area (Å²) in [4.78, 5) is 0. The van der Waals surface area contributed by atoms with Gasteiger partial charge in [0.05, 0.1) is 0 Å². The SMILES string of the molecule is CCCCC(C)CCC1=CC(SC)CCC1S(=O)[O-]. The molecule has 0 heterocycles. The first-order valence-electron chi connectivity index (χ1n) is 7.39. The van der Waals surface area contributed by atoms with Crippen LogP contribution >= 0.6 is 11.8 Å². The van der Waals surface area contributed by atoms with Gasteiger partial charge in [-0.2, -0.15) is 11.8 Å². The molecular weight excluding hydrogens is 276 g/mol. The molecule has 0 fully saturated rings. The van der Waals surface area contributed by atoms with Gasteiger partial charge in [0.2, 0.25) is 0 Å². The Labute approximate surface area is 125 Å². The van der Waals surface area contributed by atoms with Crippen LogP contribution in [-0.2, 0) is 11.1 Å². The second-order valence-electron chi connectivity index (χ2n) is 5.63. The molecule has 1 aliphatic carbocycles. The van der Waals surface area contributed by atoms with Crippen LogP contribution < -0.4 is 0 Å². The Kier molecular flexibility index (Phi) is 8.35. The van der Waals surface area contributed by atoms with Gasteiger partial charge in [0, 0.05) is 10.5 Å². The summed E-state index contributed by atoms with van der Waals surface area (Å²) < 4.78 is 22.7. The van der Waals surface area contributed by atoms with E-state index in [1.165, 1.54) is 24.8 Å². The Morgan fingerprint density at radius 2 is 2.21 bits per heavy atom. The summed E-state index contributed by atoms with van der Waals surface area (Å²) in [5.74, 6) is 0.705. The molecule has 4 atom stereocenters. The van der Waals surface area contributed by atoms with E-state index < -0.39 is 11.1 Å². The molecule has 1 aliphatic rings. The van der Waals surface area contributed by atoms with Crippen LogP contribution in [0.15, 0.2) is 11.6 Å². The number of rotatable bonds is 8. The standard InChI is InChI=1S/C15H28O2S2/c1-4-5-6-12(2)7-8-13-11-14(18-3)9-10-15(13)19(16)17/h11-12,14-15H,4-10H2,1-3H3,(H,16,17)/p-1. The highest BCUT2D eigenvalue weighted by Gasteiger charge is 2.23. The van der Waals surface area contributed by atoms with E-state index in [-0.39, 0.29) is 5.25 Å². The molecule has 4 heteroatoms. The second-order valence-corrected chi connectivity index (χ2v) is 7.80. The first-order valence-corrected chi connectivity index (χ1v) is 9.82. The van der Waals surface area contributed by atoms with E-state index in [1.807, 2.05) is 11.8 Å². The Balaban J connectivity index is 2.54. The Morgan fingerprint density at radius 1 is 1.47 bits per heavy atom. The molecule has 2 nitrogen and oxygen atoms in total. The normalized spacial score (nSPS) is 26.8. The fourth-order valence-corrected chi connectivity index (χ4v) is 4.15. The van der Waals surface area contributed by atoms with E-state index in [9.17, 15) is 8.76 Å². The van der Waals surface area contributed by atoms with Gasteiger partial charge >= 0.3 is 0 Å². The lowest BCUT2D eigenvalue weighted by atomic mass is 9.90. The van der Waals surface area contributed by atoms with Crippen molar-refractivity contribution in [1.29, 1.82) is 0 Å². The summed E-state index contributed by atoms with van der Waals surface area (Å²) in [6.07, 6.45) is 12.0. The highest BCUT2D eigenvalue weighted by molar-refractivity contribution is 7.99. The van der Waals surface area contributed by atoms with E-state index in [4.69, 9.17) is 0 Å². The van der Waals surface area contributed by atoms with Crippen molar-refractivity contribution in [2.75, 3.05) is 6.26 Å². The van der Waals surface area contributed by atoms with Crippen LogP contribution in [0.25, 0.3) is 0 Å². The molecule has 0 N–H and O–H groups in total. The fraction of sp³-hybridized carbons (Fsp3) is 0.867. The van der Waals surface area contributed by atoms with Gasteiger partial charge in [0.25, 0.3) is 0 Å². The number of hydrogen-bond donors (Lipinski definition) is 0. The van der Waals surface area contributed by atoms with Crippen LogP contribution in [0, 0.1) is 5.92 Å². The lowest BCUT2D eigenvalue weighted by Gasteiger charge is -2.30. The van der Waals surface area contributed by atoms with E-state index in [1.54, 1.807) is 0 Å². The Bertz CT molecular complexity index is 315. The van der Waals surface area contributed by atoms with E-state index in [2.05, 4.69) is 26.2 Å². The van der Waals surface area contributed by atoms with Gasteiger partial charge in [-0.3, -0.25) is 4.21 Å². The maximum Gasteiger partial charge on any atom is 0.0425 e. The Morgan fingerprint density at radius 3 is 2.79 bits per heavy atom. The van der Waals surface area contributed by atoms with Crippen molar-refractivity contribution in [2.45, 2.75) is 69.3 Å². The minimum atomic E-state index is -1.95. The highest BCUT2D eigenvalue weighted by Crippen LogP contribution is 2.32. The van der Waals surface area contributed by atoms with E-state index in [0.717, 1.165) is 25.7 Å². The molecule has 4 unspecified atom stereocenters. The molecular formula is C15H27O2S2-. The van der Waals surface area contributed by atoms with Gasteiger partial charge in [-0.15, -0.1) is 0 Å². The molecule has 0 spiro atoms. The van der Waals surface area contributed by atoms with Crippen LogP contribution in [0.2, 0.25) is 0 Å². The second kappa shape index (κ2) is 9.19. The third-order valence-electron chi connectivity index (χ3n) is 4.04. The van der Waals surface area contributed by atoms with Gasteiger partial charge in [0.1, 0.15) is 0 Å². The van der Waals surface area contributed by atoms with Gasteiger partial charge in [0.15, 0.2) is 0 Å². The van der Waals surface area contributed by atoms with Crippen LogP contribution in [0.3, 0.4) is 0 Å². The van der Waals surface area contributed by atoms with Crippen molar-refractivity contribution in [3.63, 3.8) is 0 Å². The molecule has 112 valence electrons. The Hall–Kier alpha value is 0.200. The lowest BCUT2D eigenvalue weighted by Crippen LogP contribution is -2.25. The molecule has 19 heavy (non-hydrogen) atoms. The largest absolute Gasteiger partial charge is 0.772 e. The van der Waals surface area contributed by atoms with Crippen LogP contribution in [0.1, 0.15) is 58.8 Å². The monoisotopic (exact) mass is 303 g/mol. The fourth-order valence-electron chi connectivity index (χ4n) is 2.69. The predicted molar refractivity (Wildman–Crippen MR) is 85.3 cm³/mol. The van der Waals surface area contributed by atoms with Gasteiger partial charge in [-0.25, -0.2) is 0 Å². The van der Waals surface area contributed by atoms with Crippen molar-refractivity contribution < 1.29 is 8.76 Å². The summed E-state index contributed by atoms with van der Waals surface area (Å²) >= 11 is -0.113. The number of thioether (sulfide) groups is 1. The van der Waals surface area contributed by atoms with Crippen LogP contribution in [0.4, 0.5) is 0 Å². The third-order valence-corrected chi connectivity index (χ3v) is 6.02. The van der Waals surface area contributed by atoms with Gasteiger partial charge in [-0.05, 0) is 48.9 Å². The maximum atomic E-state index is 11.3. The first kappa shape index (κ1) is 17.3. The zero-order valence-electron chi connectivity index (χ0n) is 12.4. The predicted octanol–water partition coefficient (Wildman–Crippen LogP) is 4.29. The minimum absolute atomic E-state index is 0.221. The molecule has 0 aromatic rings. The molecule has 1 rings (SSSR count). The zero-order chi connectivity index (χ0) is 14.3. The maximum absolute atomic E-state index is 11.3. The highest BCUT2D eigenvalue weighted by atomic mass is 32.2. The summed E-state index contributed by atoms with van der Waals surface area (Å²) in [5, 5.41) is 0.294. The van der Waals surface area contributed by atoms with Crippen molar-refractivity contribution in [2.24, 2.45) is 5.92 Å². The van der Waals surface area contributed by atoms with Gasteiger partial charge < -0.3 is 4.55 Å². The average molecular weight is 304 g/mol. The molecule has 0 saturated carbocycles. The summed E-state index contributed by atoms with van der Waals surface area (Å²) in [5.41, 5.74) is 1.17. The first-order chi connectivity index (χ1) is 9.08. The van der Waals surface area contributed by atoms with Gasteiger partial charge in [-0.1, -0.05) is 44.8 Å². The van der Waals surface area contributed by atoms with Crippen LogP contribution in [-0.4, -0.2) is 25.5 Å². The van der Waals surface area contributed by atoms with Crippen molar-refractivity contribution in [1.82, 2.24) is 0 Å². The summed E-state index contributed by atoms with van der Waals surface area (Å²) in [6, 6.07) is 0. The topological polar surface area (TPSA) is 40.1 Å². The average Bonchev–Trinajstić information content (AvgIpc) is 2.42. The summed E-state index contributed by atoms with van der Waals surface area (Å²) in [7, 11) is 0. The molecule has 0 radical (unpaired) electrons. The van der Waals surface area contributed by atoms with Crippen molar-refractivity contribution in [3.8, 4) is 0 Å². The zero-order valence-corrected chi connectivity index (χ0v) is 14.0. The quantitative estimate of drug-likeness (QED) is 0.496.